The molecule has 2 N–H and O–H groups in total. The molecular weight excluding hydrogens is 240 g/mol. The number of nitrogens with one attached hydrogen (secondary N) is 1. The maximum atomic E-state index is 12.5. The number of amides is 1. The Morgan fingerprint density at radius 1 is 1.26 bits per heavy atom. The van der Waals surface area contributed by atoms with Crippen LogP contribution >= 0.6 is 0 Å². The molecule has 1 heterocycles. The molecule has 0 unspecified atom stereocenters. The van der Waals surface area contributed by atoms with Crippen LogP contribution < -0.4 is 5.32 Å². The summed E-state index contributed by atoms with van der Waals surface area (Å²) < 4.78 is 0. The molecule has 0 spiro atoms. The second-order valence-electron chi connectivity index (χ2n) is 8.03. The summed E-state index contributed by atoms with van der Waals surface area (Å²) in [6, 6.07) is 0. The molecule has 0 aliphatic carbocycles. The molecule has 1 atom stereocenters. The number of piperidine rings is 1. The lowest BCUT2D eigenvalue weighted by atomic mass is 9.88. The summed E-state index contributed by atoms with van der Waals surface area (Å²) in [4.78, 5) is 14.3. The van der Waals surface area contributed by atoms with Gasteiger partial charge in [-0.3, -0.25) is 4.79 Å². The van der Waals surface area contributed by atoms with Crippen molar-refractivity contribution in [3.8, 4) is 0 Å². The van der Waals surface area contributed by atoms with Crippen LogP contribution in [-0.2, 0) is 4.79 Å². The van der Waals surface area contributed by atoms with E-state index in [2.05, 4.69) is 26.1 Å². The van der Waals surface area contributed by atoms with Gasteiger partial charge in [0, 0.05) is 25.2 Å². The highest BCUT2D eigenvalue weighted by Crippen LogP contribution is 2.26. The number of hydrogen-bond donors (Lipinski definition) is 2. The Bertz CT molecular complexity index is 328. The van der Waals surface area contributed by atoms with E-state index in [-0.39, 0.29) is 16.9 Å². The van der Waals surface area contributed by atoms with Crippen molar-refractivity contribution in [1.82, 2.24) is 10.2 Å². The monoisotopic (exact) mass is 270 g/mol. The highest BCUT2D eigenvalue weighted by molar-refractivity contribution is 5.86. The molecule has 0 aromatic rings. The molecule has 1 aliphatic rings. The number of hydrogen-bond acceptors (Lipinski definition) is 3. The zero-order valence-electron chi connectivity index (χ0n) is 13.3. The van der Waals surface area contributed by atoms with E-state index >= 15 is 0 Å². The first-order chi connectivity index (χ1) is 8.43. The number of β-amino-alcohol motifs (C(OH)–C–C–N with tert-alkyl or cyclic N) is 1. The van der Waals surface area contributed by atoms with Gasteiger partial charge in [0.15, 0.2) is 5.60 Å². The van der Waals surface area contributed by atoms with Gasteiger partial charge in [-0.25, -0.2) is 0 Å². The number of aliphatic hydroxyl groups is 1. The van der Waals surface area contributed by atoms with E-state index in [4.69, 9.17) is 0 Å². The molecule has 1 aliphatic heterocycles. The van der Waals surface area contributed by atoms with Crippen LogP contribution in [0.5, 0.6) is 0 Å². The molecule has 4 heteroatoms. The normalized spacial score (nSPS) is 25.8. The summed E-state index contributed by atoms with van der Waals surface area (Å²) in [6.45, 7) is 14.2. The molecular formula is C15H30N2O2. The fourth-order valence-electron chi connectivity index (χ4n) is 2.36. The summed E-state index contributed by atoms with van der Waals surface area (Å²) in [7, 11) is 0. The van der Waals surface area contributed by atoms with Crippen molar-refractivity contribution in [3.63, 3.8) is 0 Å². The molecule has 0 aromatic heterocycles. The molecule has 0 aromatic carbocycles. The molecule has 0 bridgehead atoms. The molecule has 19 heavy (non-hydrogen) atoms. The summed E-state index contributed by atoms with van der Waals surface area (Å²) in [5.74, 6) is -0.120. The standard InChI is InChI=1S/C15H30N2O2/c1-13(2,3)11-17-9-7-8-15(19,12(17)18)10-16-14(4,5)6/h16,19H,7-11H2,1-6H3/t15-/m0/s1. The van der Waals surface area contributed by atoms with Crippen molar-refractivity contribution in [2.24, 2.45) is 5.41 Å². The average molecular weight is 270 g/mol. The summed E-state index contributed by atoms with van der Waals surface area (Å²) in [5, 5.41) is 13.9. The van der Waals surface area contributed by atoms with Gasteiger partial charge in [0.2, 0.25) is 0 Å². The van der Waals surface area contributed by atoms with Gasteiger partial charge < -0.3 is 15.3 Å². The van der Waals surface area contributed by atoms with Gasteiger partial charge in [-0.05, 0) is 39.0 Å². The van der Waals surface area contributed by atoms with Gasteiger partial charge >= 0.3 is 0 Å². The number of likely N-dealkylation sites (tertiary alicyclic amines) is 1. The van der Waals surface area contributed by atoms with Gasteiger partial charge in [0.25, 0.3) is 5.91 Å². The summed E-state index contributed by atoms with van der Waals surface area (Å²) in [6.07, 6.45) is 1.42. The lowest BCUT2D eigenvalue weighted by molar-refractivity contribution is -0.158. The zero-order chi connectivity index (χ0) is 14.9. The Labute approximate surface area is 117 Å². The Hall–Kier alpha value is -0.610. The highest BCUT2D eigenvalue weighted by Gasteiger charge is 2.43. The number of carbonyl (C=O) groups excluding carboxylic acids is 1. The van der Waals surface area contributed by atoms with Crippen LogP contribution in [0.15, 0.2) is 0 Å². The molecule has 1 saturated heterocycles. The van der Waals surface area contributed by atoms with Crippen molar-refractivity contribution in [3.05, 3.63) is 0 Å². The highest BCUT2D eigenvalue weighted by atomic mass is 16.3. The molecule has 1 rings (SSSR count). The third kappa shape index (κ3) is 5.11. The Morgan fingerprint density at radius 3 is 2.32 bits per heavy atom. The largest absolute Gasteiger partial charge is 0.379 e. The van der Waals surface area contributed by atoms with Crippen LogP contribution in [0.1, 0.15) is 54.4 Å². The lowest BCUT2D eigenvalue weighted by Gasteiger charge is -2.41. The third-order valence-corrected chi connectivity index (χ3v) is 3.28. The average Bonchev–Trinajstić information content (AvgIpc) is 2.20. The number of nitrogens with zero attached hydrogens (tertiary/aromatic N) is 1. The first-order valence-corrected chi connectivity index (χ1v) is 7.20. The quantitative estimate of drug-likeness (QED) is 0.822. The van der Waals surface area contributed by atoms with Crippen LogP contribution in [-0.4, -0.2) is 46.7 Å². The van der Waals surface area contributed by atoms with E-state index in [9.17, 15) is 9.90 Å². The molecule has 1 amide bonds. The van der Waals surface area contributed by atoms with E-state index in [1.54, 1.807) is 0 Å². The minimum absolute atomic E-state index is 0.0609. The second-order valence-corrected chi connectivity index (χ2v) is 8.03. The van der Waals surface area contributed by atoms with Gasteiger partial charge in [-0.1, -0.05) is 20.8 Å². The van der Waals surface area contributed by atoms with Gasteiger partial charge in [-0.2, -0.15) is 0 Å². The maximum absolute atomic E-state index is 12.5. The van der Waals surface area contributed by atoms with Crippen molar-refractivity contribution < 1.29 is 9.90 Å². The molecule has 0 radical (unpaired) electrons. The first kappa shape index (κ1) is 16.4. The number of carbonyl (C=O) groups is 1. The fraction of sp³-hybridized carbons (Fsp3) is 0.933. The minimum atomic E-state index is -1.24. The third-order valence-electron chi connectivity index (χ3n) is 3.28. The Morgan fingerprint density at radius 2 is 1.84 bits per heavy atom. The van der Waals surface area contributed by atoms with E-state index in [0.717, 1.165) is 13.0 Å². The smallest absolute Gasteiger partial charge is 0.255 e. The lowest BCUT2D eigenvalue weighted by Crippen LogP contribution is -2.60. The van der Waals surface area contributed by atoms with Crippen LogP contribution in [0.25, 0.3) is 0 Å². The zero-order valence-corrected chi connectivity index (χ0v) is 13.3. The molecule has 112 valence electrons. The minimum Gasteiger partial charge on any atom is -0.379 e. The predicted octanol–water partition coefficient (Wildman–Crippen LogP) is 1.77. The SMILES string of the molecule is CC(C)(C)CN1CCC[C@](O)(CNC(C)(C)C)C1=O. The first-order valence-electron chi connectivity index (χ1n) is 7.20. The number of rotatable bonds is 3. The van der Waals surface area contributed by atoms with Crippen molar-refractivity contribution in [2.75, 3.05) is 19.6 Å². The molecule has 0 saturated carbocycles. The molecule has 1 fully saturated rings. The van der Waals surface area contributed by atoms with Gasteiger partial charge in [0.05, 0.1) is 0 Å². The van der Waals surface area contributed by atoms with Crippen LogP contribution in [0, 0.1) is 5.41 Å². The van der Waals surface area contributed by atoms with Gasteiger partial charge in [-0.15, -0.1) is 0 Å². The van der Waals surface area contributed by atoms with Crippen LogP contribution in [0.4, 0.5) is 0 Å². The summed E-state index contributed by atoms with van der Waals surface area (Å²) >= 11 is 0. The van der Waals surface area contributed by atoms with E-state index in [1.807, 2.05) is 25.7 Å². The molecule has 4 nitrogen and oxygen atoms in total. The van der Waals surface area contributed by atoms with Crippen LogP contribution in [0.3, 0.4) is 0 Å². The Kier molecular flexibility index (Phi) is 4.68. The van der Waals surface area contributed by atoms with E-state index in [0.29, 0.717) is 19.5 Å². The van der Waals surface area contributed by atoms with E-state index < -0.39 is 5.60 Å². The second kappa shape index (κ2) is 5.41. The maximum Gasteiger partial charge on any atom is 0.255 e. The summed E-state index contributed by atoms with van der Waals surface area (Å²) in [5.41, 5.74) is -1.27. The van der Waals surface area contributed by atoms with Crippen molar-refractivity contribution in [2.45, 2.75) is 65.5 Å². The topological polar surface area (TPSA) is 52.6 Å². The van der Waals surface area contributed by atoms with Gasteiger partial charge in [0.1, 0.15) is 0 Å². The van der Waals surface area contributed by atoms with Crippen LogP contribution in [0.2, 0.25) is 0 Å². The predicted molar refractivity (Wildman–Crippen MR) is 78.0 cm³/mol. The van der Waals surface area contributed by atoms with Crippen molar-refractivity contribution in [1.29, 1.82) is 0 Å². The van der Waals surface area contributed by atoms with E-state index in [1.165, 1.54) is 0 Å². The van der Waals surface area contributed by atoms with Crippen molar-refractivity contribution >= 4 is 5.91 Å². The Balaban J connectivity index is 2.71. The fourth-order valence-corrected chi connectivity index (χ4v) is 2.36.